The zero-order valence-corrected chi connectivity index (χ0v) is 16.4. The van der Waals surface area contributed by atoms with E-state index in [1.54, 1.807) is 0 Å². The molecule has 1 atom stereocenters. The fourth-order valence-electron chi connectivity index (χ4n) is 2.27. The van der Waals surface area contributed by atoms with Crippen LogP contribution < -0.4 is 11.1 Å². The molecule has 0 aliphatic carbocycles. The van der Waals surface area contributed by atoms with Crippen molar-refractivity contribution >= 4 is 35.8 Å². The van der Waals surface area contributed by atoms with Crippen molar-refractivity contribution in [1.82, 2.24) is 10.2 Å². The Kier molecular flexibility index (Phi) is 7.99. The molecule has 0 aromatic carbocycles. The number of nitrogens with one attached hydrogen (secondary N) is 1. The van der Waals surface area contributed by atoms with E-state index in [-0.39, 0.29) is 29.9 Å². The predicted octanol–water partition coefficient (Wildman–Crippen LogP) is 2.20. The highest BCUT2D eigenvalue weighted by Crippen LogP contribution is 2.33. The maximum atomic E-state index is 11.4. The van der Waals surface area contributed by atoms with Crippen LogP contribution in [-0.2, 0) is 4.79 Å². The number of nitrogens with two attached hydrogens (primary N) is 1. The number of guanidine groups is 1. The van der Waals surface area contributed by atoms with Crippen molar-refractivity contribution in [2.75, 3.05) is 26.2 Å². The number of primary amides is 1. The number of halogens is 1. The van der Waals surface area contributed by atoms with Gasteiger partial charge in [-0.1, -0.05) is 13.8 Å². The van der Waals surface area contributed by atoms with Crippen LogP contribution in [0.15, 0.2) is 4.99 Å². The molecule has 0 aromatic rings. The second-order valence-corrected chi connectivity index (χ2v) is 6.75. The molecule has 1 amide bonds. The molecule has 0 saturated carbocycles. The van der Waals surface area contributed by atoms with Gasteiger partial charge in [0.25, 0.3) is 0 Å². The second kappa shape index (κ2) is 8.19. The van der Waals surface area contributed by atoms with Crippen molar-refractivity contribution in [1.29, 1.82) is 0 Å². The van der Waals surface area contributed by atoms with Gasteiger partial charge in [0.1, 0.15) is 0 Å². The van der Waals surface area contributed by atoms with Crippen LogP contribution in [0.1, 0.15) is 47.5 Å². The van der Waals surface area contributed by atoms with Gasteiger partial charge in [0, 0.05) is 19.6 Å². The van der Waals surface area contributed by atoms with Crippen molar-refractivity contribution in [3.05, 3.63) is 0 Å². The Morgan fingerprint density at radius 3 is 2.48 bits per heavy atom. The highest BCUT2D eigenvalue weighted by molar-refractivity contribution is 14.0. The first kappa shape index (κ1) is 20.5. The standard InChI is InChI=1S/C15H30N4O.HI/c1-6-15(5)8-9-19(11-15)13(17-7-2)18-10-14(3,4)12(16)20;/h6-11H2,1-5H3,(H2,16,20)(H,17,18);1H. The van der Waals surface area contributed by atoms with E-state index in [1.165, 1.54) is 12.8 Å². The third-order valence-electron chi connectivity index (χ3n) is 4.34. The summed E-state index contributed by atoms with van der Waals surface area (Å²) in [6.45, 7) is 13.6. The minimum absolute atomic E-state index is 0. The normalized spacial score (nSPS) is 22.9. The molecule has 1 rings (SSSR count). The Hall–Kier alpha value is -0.530. The number of amides is 1. The van der Waals surface area contributed by atoms with E-state index in [1.807, 2.05) is 13.8 Å². The van der Waals surface area contributed by atoms with Crippen LogP contribution in [0.2, 0.25) is 0 Å². The third-order valence-corrected chi connectivity index (χ3v) is 4.34. The third kappa shape index (κ3) is 5.64. The maximum absolute atomic E-state index is 11.4. The number of likely N-dealkylation sites (tertiary alicyclic amines) is 1. The number of nitrogens with zero attached hydrogens (tertiary/aromatic N) is 2. The van der Waals surface area contributed by atoms with E-state index in [2.05, 4.69) is 36.0 Å². The Balaban J connectivity index is 0.00000400. The molecule has 21 heavy (non-hydrogen) atoms. The highest BCUT2D eigenvalue weighted by atomic mass is 127. The Labute approximate surface area is 146 Å². The largest absolute Gasteiger partial charge is 0.369 e. The summed E-state index contributed by atoms with van der Waals surface area (Å²) < 4.78 is 0. The smallest absolute Gasteiger partial charge is 0.224 e. The first-order chi connectivity index (χ1) is 9.24. The topological polar surface area (TPSA) is 70.7 Å². The summed E-state index contributed by atoms with van der Waals surface area (Å²) in [6, 6.07) is 0. The highest BCUT2D eigenvalue weighted by Gasteiger charge is 2.34. The summed E-state index contributed by atoms with van der Waals surface area (Å²) >= 11 is 0. The quantitative estimate of drug-likeness (QED) is 0.415. The molecule has 0 spiro atoms. The summed E-state index contributed by atoms with van der Waals surface area (Å²) in [7, 11) is 0. The number of rotatable bonds is 5. The predicted molar refractivity (Wildman–Crippen MR) is 99.0 cm³/mol. The number of carbonyl (C=O) groups excluding carboxylic acids is 1. The van der Waals surface area contributed by atoms with Crippen molar-refractivity contribution < 1.29 is 4.79 Å². The van der Waals surface area contributed by atoms with Crippen LogP contribution >= 0.6 is 24.0 Å². The van der Waals surface area contributed by atoms with Gasteiger partial charge in [-0.2, -0.15) is 0 Å². The van der Waals surface area contributed by atoms with Gasteiger partial charge in [-0.15, -0.1) is 24.0 Å². The number of carbonyl (C=O) groups is 1. The monoisotopic (exact) mass is 410 g/mol. The summed E-state index contributed by atoms with van der Waals surface area (Å²) in [6.07, 6.45) is 2.36. The van der Waals surface area contributed by atoms with Crippen molar-refractivity contribution in [2.45, 2.75) is 47.5 Å². The average molecular weight is 410 g/mol. The van der Waals surface area contributed by atoms with Crippen LogP contribution in [0.4, 0.5) is 0 Å². The van der Waals surface area contributed by atoms with E-state index < -0.39 is 5.41 Å². The van der Waals surface area contributed by atoms with Gasteiger partial charge in [0.05, 0.1) is 12.0 Å². The Bertz CT molecular complexity index is 384. The first-order valence-electron chi connectivity index (χ1n) is 7.57. The molecular weight excluding hydrogens is 379 g/mol. The summed E-state index contributed by atoms with van der Waals surface area (Å²) in [5, 5.41) is 3.32. The first-order valence-corrected chi connectivity index (χ1v) is 7.57. The zero-order valence-electron chi connectivity index (χ0n) is 14.0. The van der Waals surface area contributed by atoms with Gasteiger partial charge >= 0.3 is 0 Å². The minimum atomic E-state index is -0.603. The van der Waals surface area contributed by atoms with Gasteiger partial charge in [0.15, 0.2) is 5.96 Å². The molecule has 1 aliphatic rings. The minimum Gasteiger partial charge on any atom is -0.369 e. The molecule has 1 aliphatic heterocycles. The number of aliphatic imine (C=N–C) groups is 1. The van der Waals surface area contributed by atoms with Gasteiger partial charge in [-0.25, -0.2) is 0 Å². The molecule has 0 aromatic heterocycles. The lowest BCUT2D eigenvalue weighted by atomic mass is 9.87. The lowest BCUT2D eigenvalue weighted by molar-refractivity contribution is -0.125. The van der Waals surface area contributed by atoms with Gasteiger partial charge in [0.2, 0.25) is 5.91 Å². The lowest BCUT2D eigenvalue weighted by Gasteiger charge is -2.26. The second-order valence-electron chi connectivity index (χ2n) is 6.75. The molecule has 1 heterocycles. The van der Waals surface area contributed by atoms with Crippen LogP contribution in [0.3, 0.4) is 0 Å². The molecule has 5 nitrogen and oxygen atoms in total. The fraction of sp³-hybridized carbons (Fsp3) is 0.867. The van der Waals surface area contributed by atoms with E-state index in [9.17, 15) is 4.79 Å². The van der Waals surface area contributed by atoms with E-state index in [4.69, 9.17) is 5.73 Å². The summed E-state index contributed by atoms with van der Waals surface area (Å²) in [5.41, 5.74) is 5.17. The number of hydrogen-bond acceptors (Lipinski definition) is 2. The number of hydrogen-bond donors (Lipinski definition) is 2. The SMILES string of the molecule is CCNC(=NCC(C)(C)C(N)=O)N1CCC(C)(CC)C1.I. The van der Waals surface area contributed by atoms with Crippen molar-refractivity contribution in [3.63, 3.8) is 0 Å². The molecule has 0 radical (unpaired) electrons. The zero-order chi connectivity index (χ0) is 15.4. The maximum Gasteiger partial charge on any atom is 0.224 e. The van der Waals surface area contributed by atoms with Gasteiger partial charge < -0.3 is 16.0 Å². The molecule has 0 bridgehead atoms. The summed E-state index contributed by atoms with van der Waals surface area (Å²) in [4.78, 5) is 18.3. The van der Waals surface area contributed by atoms with E-state index in [0.717, 1.165) is 25.6 Å². The summed E-state index contributed by atoms with van der Waals surface area (Å²) in [5.74, 6) is 0.593. The van der Waals surface area contributed by atoms with Crippen LogP contribution in [0.25, 0.3) is 0 Å². The molecule has 1 unspecified atom stereocenters. The molecule has 1 fully saturated rings. The van der Waals surface area contributed by atoms with Gasteiger partial charge in [-0.05, 0) is 39.0 Å². The molecule has 3 N–H and O–H groups in total. The van der Waals surface area contributed by atoms with E-state index in [0.29, 0.717) is 12.0 Å². The Morgan fingerprint density at radius 1 is 1.43 bits per heavy atom. The van der Waals surface area contributed by atoms with Crippen LogP contribution in [0.5, 0.6) is 0 Å². The fourth-order valence-corrected chi connectivity index (χ4v) is 2.27. The van der Waals surface area contributed by atoms with E-state index >= 15 is 0 Å². The van der Waals surface area contributed by atoms with Gasteiger partial charge in [-0.3, -0.25) is 9.79 Å². The molecule has 124 valence electrons. The van der Waals surface area contributed by atoms with Crippen LogP contribution in [0, 0.1) is 10.8 Å². The molecule has 1 saturated heterocycles. The average Bonchev–Trinajstić information content (AvgIpc) is 2.77. The molecular formula is C15H31IN4O. The van der Waals surface area contributed by atoms with Crippen LogP contribution in [-0.4, -0.2) is 42.9 Å². The van der Waals surface area contributed by atoms with Crippen molar-refractivity contribution in [3.8, 4) is 0 Å². The molecule has 6 heteroatoms. The Morgan fingerprint density at radius 2 is 2.05 bits per heavy atom. The van der Waals surface area contributed by atoms with Crippen molar-refractivity contribution in [2.24, 2.45) is 21.6 Å². The lowest BCUT2D eigenvalue weighted by Crippen LogP contribution is -2.42.